The van der Waals surface area contributed by atoms with Gasteiger partial charge >= 0.3 is 0 Å². The van der Waals surface area contributed by atoms with Gasteiger partial charge in [-0.15, -0.1) is 0 Å². The van der Waals surface area contributed by atoms with Gasteiger partial charge in [-0.1, -0.05) is 24.3 Å². The SMILES string of the molecule is NC=CCc1ccc(O)c2cccc(O)c12. The highest BCUT2D eigenvalue weighted by Gasteiger charge is 2.07. The number of benzene rings is 2. The van der Waals surface area contributed by atoms with Gasteiger partial charge in [0.25, 0.3) is 0 Å². The molecule has 2 rings (SSSR count). The van der Waals surface area contributed by atoms with Crippen molar-refractivity contribution in [1.29, 1.82) is 0 Å². The van der Waals surface area contributed by atoms with Gasteiger partial charge in [-0.05, 0) is 30.3 Å². The highest BCUT2D eigenvalue weighted by atomic mass is 16.3. The monoisotopic (exact) mass is 215 g/mol. The number of phenolic OH excluding ortho intramolecular Hbond substituents is 2. The lowest BCUT2D eigenvalue weighted by Gasteiger charge is -2.08. The topological polar surface area (TPSA) is 66.5 Å². The van der Waals surface area contributed by atoms with Crippen LogP contribution in [0.25, 0.3) is 10.8 Å². The van der Waals surface area contributed by atoms with Crippen molar-refractivity contribution in [1.82, 2.24) is 0 Å². The van der Waals surface area contributed by atoms with Crippen molar-refractivity contribution >= 4 is 10.8 Å². The molecule has 3 heteroatoms. The Morgan fingerprint density at radius 1 is 1.06 bits per heavy atom. The van der Waals surface area contributed by atoms with Gasteiger partial charge in [0.1, 0.15) is 11.5 Å². The van der Waals surface area contributed by atoms with E-state index < -0.39 is 0 Å². The van der Waals surface area contributed by atoms with Crippen LogP contribution in [0.5, 0.6) is 11.5 Å². The normalized spacial score (nSPS) is 11.2. The first-order valence-electron chi connectivity index (χ1n) is 5.03. The van der Waals surface area contributed by atoms with Gasteiger partial charge in [0.05, 0.1) is 0 Å². The van der Waals surface area contributed by atoms with E-state index in [-0.39, 0.29) is 11.5 Å². The zero-order chi connectivity index (χ0) is 11.5. The first-order chi connectivity index (χ1) is 7.74. The molecule has 0 radical (unpaired) electrons. The number of hydrogen-bond acceptors (Lipinski definition) is 3. The van der Waals surface area contributed by atoms with Gasteiger partial charge in [-0.2, -0.15) is 0 Å². The van der Waals surface area contributed by atoms with E-state index in [2.05, 4.69) is 0 Å². The van der Waals surface area contributed by atoms with Gasteiger partial charge in [-0.3, -0.25) is 0 Å². The molecule has 0 saturated carbocycles. The lowest BCUT2D eigenvalue weighted by Crippen LogP contribution is -1.87. The van der Waals surface area contributed by atoms with E-state index in [0.717, 1.165) is 5.56 Å². The van der Waals surface area contributed by atoms with Crippen LogP contribution >= 0.6 is 0 Å². The molecule has 0 aliphatic rings. The number of aromatic hydroxyl groups is 2. The van der Waals surface area contributed by atoms with Crippen molar-refractivity contribution in [3.8, 4) is 11.5 Å². The van der Waals surface area contributed by atoms with Crippen molar-refractivity contribution in [2.24, 2.45) is 5.73 Å². The van der Waals surface area contributed by atoms with Crippen LogP contribution in [0.1, 0.15) is 5.56 Å². The van der Waals surface area contributed by atoms with Crippen LogP contribution in [0.3, 0.4) is 0 Å². The summed E-state index contributed by atoms with van der Waals surface area (Å²) in [4.78, 5) is 0. The molecular weight excluding hydrogens is 202 g/mol. The summed E-state index contributed by atoms with van der Waals surface area (Å²) in [7, 11) is 0. The first kappa shape index (κ1) is 10.4. The first-order valence-corrected chi connectivity index (χ1v) is 5.03. The molecule has 0 atom stereocenters. The fourth-order valence-electron chi connectivity index (χ4n) is 1.81. The number of rotatable bonds is 2. The van der Waals surface area contributed by atoms with Crippen LogP contribution in [0, 0.1) is 0 Å². The predicted octanol–water partition coefficient (Wildman–Crippen LogP) is 2.27. The molecule has 82 valence electrons. The van der Waals surface area contributed by atoms with Crippen molar-refractivity contribution < 1.29 is 10.2 Å². The largest absolute Gasteiger partial charge is 0.507 e. The summed E-state index contributed by atoms with van der Waals surface area (Å²) in [5, 5.41) is 20.8. The molecule has 4 N–H and O–H groups in total. The molecule has 0 unspecified atom stereocenters. The Balaban J connectivity index is 2.70. The molecule has 2 aromatic carbocycles. The Bertz CT molecular complexity index is 547. The summed E-state index contributed by atoms with van der Waals surface area (Å²) in [5.41, 5.74) is 6.23. The van der Waals surface area contributed by atoms with E-state index in [9.17, 15) is 10.2 Å². The summed E-state index contributed by atoms with van der Waals surface area (Å²) in [6, 6.07) is 8.51. The van der Waals surface area contributed by atoms with Gasteiger partial charge < -0.3 is 15.9 Å². The fourth-order valence-corrected chi connectivity index (χ4v) is 1.81. The third-order valence-corrected chi connectivity index (χ3v) is 2.56. The predicted molar refractivity (Wildman–Crippen MR) is 64.3 cm³/mol. The molecule has 0 amide bonds. The standard InChI is InChI=1S/C13H13NO2/c14-8-2-3-9-6-7-11(15)10-4-1-5-12(16)13(9)10/h1-2,4-8,15-16H,3,14H2. The third kappa shape index (κ3) is 1.67. The van der Waals surface area contributed by atoms with Gasteiger partial charge in [-0.25, -0.2) is 0 Å². The van der Waals surface area contributed by atoms with Crippen molar-refractivity contribution in [2.45, 2.75) is 6.42 Å². The Labute approximate surface area is 93.4 Å². The highest BCUT2D eigenvalue weighted by molar-refractivity contribution is 5.95. The molecule has 3 nitrogen and oxygen atoms in total. The maximum Gasteiger partial charge on any atom is 0.123 e. The Morgan fingerprint density at radius 2 is 1.88 bits per heavy atom. The van der Waals surface area contributed by atoms with Crippen LogP contribution in [-0.2, 0) is 6.42 Å². The molecule has 0 saturated heterocycles. The highest BCUT2D eigenvalue weighted by Crippen LogP contribution is 2.33. The van der Waals surface area contributed by atoms with Crippen molar-refractivity contribution in [3.05, 3.63) is 48.2 Å². The van der Waals surface area contributed by atoms with Gasteiger partial charge in [0, 0.05) is 10.8 Å². The molecular formula is C13H13NO2. The van der Waals surface area contributed by atoms with Crippen LogP contribution in [0.15, 0.2) is 42.6 Å². The Kier molecular flexibility index (Phi) is 2.68. The van der Waals surface area contributed by atoms with Crippen molar-refractivity contribution in [3.63, 3.8) is 0 Å². The average molecular weight is 215 g/mol. The molecule has 16 heavy (non-hydrogen) atoms. The summed E-state index contributed by atoms with van der Waals surface area (Å²) in [6.07, 6.45) is 3.90. The van der Waals surface area contributed by atoms with E-state index in [4.69, 9.17) is 5.73 Å². The molecule has 2 aromatic rings. The second kappa shape index (κ2) is 4.14. The third-order valence-electron chi connectivity index (χ3n) is 2.56. The Morgan fingerprint density at radius 3 is 2.62 bits per heavy atom. The number of hydrogen-bond donors (Lipinski definition) is 3. The minimum atomic E-state index is 0.173. The zero-order valence-corrected chi connectivity index (χ0v) is 8.72. The smallest absolute Gasteiger partial charge is 0.123 e. The van der Waals surface area contributed by atoms with Crippen LogP contribution < -0.4 is 5.73 Å². The number of phenols is 2. The molecule has 0 aromatic heterocycles. The summed E-state index contributed by atoms with van der Waals surface area (Å²) in [5.74, 6) is 0.347. The molecule has 0 spiro atoms. The molecule has 0 bridgehead atoms. The zero-order valence-electron chi connectivity index (χ0n) is 8.72. The van der Waals surface area contributed by atoms with E-state index in [0.29, 0.717) is 17.2 Å². The summed E-state index contributed by atoms with van der Waals surface area (Å²) < 4.78 is 0. The second-order valence-electron chi connectivity index (χ2n) is 3.58. The summed E-state index contributed by atoms with van der Waals surface area (Å²) in [6.45, 7) is 0. The van der Waals surface area contributed by atoms with Crippen molar-refractivity contribution in [2.75, 3.05) is 0 Å². The fraction of sp³-hybridized carbons (Fsp3) is 0.0769. The minimum Gasteiger partial charge on any atom is -0.507 e. The maximum absolute atomic E-state index is 9.81. The molecule has 0 fully saturated rings. The number of nitrogens with two attached hydrogens (primary N) is 1. The van der Waals surface area contributed by atoms with E-state index >= 15 is 0 Å². The van der Waals surface area contributed by atoms with Crippen LogP contribution in [0.4, 0.5) is 0 Å². The summed E-state index contributed by atoms with van der Waals surface area (Å²) >= 11 is 0. The minimum absolute atomic E-state index is 0.173. The second-order valence-corrected chi connectivity index (χ2v) is 3.58. The lowest BCUT2D eigenvalue weighted by molar-refractivity contribution is 0.475. The molecule has 0 aliphatic heterocycles. The van der Waals surface area contributed by atoms with E-state index in [1.807, 2.05) is 0 Å². The molecule has 0 aliphatic carbocycles. The number of fused-ring (bicyclic) bond motifs is 1. The van der Waals surface area contributed by atoms with E-state index in [1.165, 1.54) is 6.20 Å². The van der Waals surface area contributed by atoms with Crippen LogP contribution in [-0.4, -0.2) is 10.2 Å². The lowest BCUT2D eigenvalue weighted by atomic mass is 10.0. The van der Waals surface area contributed by atoms with Gasteiger partial charge in [0.15, 0.2) is 0 Å². The quantitative estimate of drug-likeness (QED) is 0.719. The Hall–Kier alpha value is -2.16. The van der Waals surface area contributed by atoms with Gasteiger partial charge in [0.2, 0.25) is 0 Å². The average Bonchev–Trinajstić information content (AvgIpc) is 2.29. The molecule has 0 heterocycles. The van der Waals surface area contributed by atoms with E-state index in [1.54, 1.807) is 36.4 Å². The van der Waals surface area contributed by atoms with Crippen LogP contribution in [0.2, 0.25) is 0 Å². The number of allylic oxidation sites excluding steroid dienone is 1. The maximum atomic E-state index is 9.81.